The van der Waals surface area contributed by atoms with Crippen LogP contribution >= 0.6 is 0 Å². The van der Waals surface area contributed by atoms with Crippen LogP contribution in [0.5, 0.6) is 5.75 Å². The summed E-state index contributed by atoms with van der Waals surface area (Å²) >= 11 is 0. The fraction of sp³-hybridized carbons (Fsp3) is 0.536. The molecule has 0 radical (unpaired) electrons. The molecule has 4 atom stereocenters. The Morgan fingerprint density at radius 1 is 1.10 bits per heavy atom. The summed E-state index contributed by atoms with van der Waals surface area (Å²) in [4.78, 5) is 4.27. The summed E-state index contributed by atoms with van der Waals surface area (Å²) < 4.78 is 88.8. The molecule has 2 aliphatic carbocycles. The van der Waals surface area contributed by atoms with E-state index in [0.29, 0.717) is 49.7 Å². The zero-order chi connectivity index (χ0) is 27.8. The quantitative estimate of drug-likeness (QED) is 0.326. The summed E-state index contributed by atoms with van der Waals surface area (Å²) in [5, 5.41) is 4.16. The Balaban J connectivity index is 1.41. The largest absolute Gasteiger partial charge is 0.573 e. The molecule has 0 amide bonds. The predicted molar refractivity (Wildman–Crippen MR) is 136 cm³/mol. The molecule has 1 aromatic carbocycles. The number of fused-ring (bicyclic) bond motifs is 5. The second kappa shape index (κ2) is 9.56. The van der Waals surface area contributed by atoms with Crippen LogP contribution in [-0.4, -0.2) is 48.3 Å². The van der Waals surface area contributed by atoms with Crippen molar-refractivity contribution in [2.75, 3.05) is 32.1 Å². The molecule has 0 unspecified atom stereocenters. The van der Waals surface area contributed by atoms with E-state index in [1.165, 1.54) is 6.20 Å². The van der Waals surface area contributed by atoms with Crippen LogP contribution in [0.2, 0.25) is 0 Å². The summed E-state index contributed by atoms with van der Waals surface area (Å²) in [6.07, 6.45) is -0.302. The van der Waals surface area contributed by atoms with Gasteiger partial charge in [0.2, 0.25) is 0 Å². The maximum atomic E-state index is 16.6. The van der Waals surface area contributed by atoms with Gasteiger partial charge in [-0.05, 0) is 61.6 Å². The molecule has 40 heavy (non-hydrogen) atoms. The van der Waals surface area contributed by atoms with Gasteiger partial charge in [-0.3, -0.25) is 4.98 Å². The van der Waals surface area contributed by atoms with Crippen molar-refractivity contribution in [3.63, 3.8) is 0 Å². The minimum Gasteiger partial charge on any atom is -0.402 e. The third-order valence-electron chi connectivity index (χ3n) is 8.58. The summed E-state index contributed by atoms with van der Waals surface area (Å²) in [7, 11) is 0. The van der Waals surface area contributed by atoms with Crippen molar-refractivity contribution in [2.24, 2.45) is 11.8 Å². The molecule has 214 valence electrons. The SMILES string of the molecule is Nc1cc(F)c(OC(F)(F)F)c(-c2ncc3c4c(n(C5CC5)c3c2F)COCCCCOC[C@H]2NC[C@@H]3[C@@H]4[C@@H]32)c1. The first kappa shape index (κ1) is 26.0. The molecule has 2 saturated carbocycles. The molecule has 12 heteroatoms. The number of piperidine rings is 1. The normalized spacial score (nSPS) is 26.9. The van der Waals surface area contributed by atoms with Crippen LogP contribution < -0.4 is 15.8 Å². The van der Waals surface area contributed by atoms with E-state index in [0.717, 1.165) is 49.6 Å². The highest BCUT2D eigenvalue weighted by molar-refractivity contribution is 5.91. The minimum absolute atomic E-state index is 0.0367. The Labute approximate surface area is 226 Å². The average Bonchev–Trinajstić information content (AvgIpc) is 3.78. The molecule has 0 spiro atoms. The number of ether oxygens (including phenoxy) is 3. The van der Waals surface area contributed by atoms with E-state index in [1.54, 1.807) is 0 Å². The number of pyridine rings is 1. The van der Waals surface area contributed by atoms with Gasteiger partial charge in [0.1, 0.15) is 5.69 Å². The summed E-state index contributed by atoms with van der Waals surface area (Å²) in [6, 6.07) is 1.99. The lowest BCUT2D eigenvalue weighted by molar-refractivity contribution is -0.275. The number of nitrogens with one attached hydrogen (secondary N) is 1. The zero-order valence-electron chi connectivity index (χ0n) is 21.6. The molecule has 0 bridgehead atoms. The number of nitrogens with two attached hydrogens (primary N) is 1. The molecule has 3 fully saturated rings. The van der Waals surface area contributed by atoms with Crippen molar-refractivity contribution in [3.05, 3.63) is 41.2 Å². The van der Waals surface area contributed by atoms with Crippen LogP contribution in [0.4, 0.5) is 27.6 Å². The lowest BCUT2D eigenvalue weighted by Crippen LogP contribution is -2.32. The van der Waals surface area contributed by atoms with E-state index in [1.807, 2.05) is 4.57 Å². The second-order valence-corrected chi connectivity index (χ2v) is 11.2. The standard InChI is InChI=1S/C28H29F5N4O3/c29-18-8-13(34)7-15(27(18)40-28(31,32)33)25-24(30)26-17(10-36-25)22-20(37(26)14-3-4-14)12-39-6-2-1-5-38-11-19-21-16(9-35-19)23(21)22/h7-8,10,14,16,19,21,23,35H,1-6,9,11-12,34H2/t16-,19+,21-,23+/m0/s1. The Hall–Kier alpha value is -2.96. The van der Waals surface area contributed by atoms with E-state index in [2.05, 4.69) is 15.0 Å². The number of nitrogen functional groups attached to an aromatic ring is 1. The van der Waals surface area contributed by atoms with Crippen LogP contribution in [0, 0.1) is 23.5 Å². The molecule has 2 aromatic heterocycles. The third kappa shape index (κ3) is 4.40. The van der Waals surface area contributed by atoms with Gasteiger partial charge in [0, 0.05) is 54.3 Å². The van der Waals surface area contributed by atoms with Crippen LogP contribution in [0.15, 0.2) is 18.3 Å². The Bertz CT molecular complexity index is 1470. The van der Waals surface area contributed by atoms with Crippen LogP contribution in [-0.2, 0) is 16.1 Å². The van der Waals surface area contributed by atoms with Gasteiger partial charge >= 0.3 is 6.36 Å². The molecule has 3 N–H and O–H groups in total. The van der Waals surface area contributed by atoms with Crippen molar-refractivity contribution >= 4 is 16.6 Å². The molecule has 1 saturated heterocycles. The lowest BCUT2D eigenvalue weighted by atomic mass is 10.0. The number of benzene rings is 1. The van der Waals surface area contributed by atoms with Gasteiger partial charge in [-0.25, -0.2) is 8.78 Å². The smallest absolute Gasteiger partial charge is 0.402 e. The molecule has 3 aromatic rings. The highest BCUT2D eigenvalue weighted by atomic mass is 19.4. The summed E-state index contributed by atoms with van der Waals surface area (Å²) in [6.45, 7) is 2.93. The zero-order valence-corrected chi connectivity index (χ0v) is 21.6. The van der Waals surface area contributed by atoms with Gasteiger partial charge < -0.3 is 29.8 Å². The second-order valence-electron chi connectivity index (χ2n) is 11.2. The van der Waals surface area contributed by atoms with E-state index >= 15 is 4.39 Å². The van der Waals surface area contributed by atoms with E-state index in [4.69, 9.17) is 15.2 Å². The van der Waals surface area contributed by atoms with E-state index in [9.17, 15) is 17.6 Å². The number of hydrogen-bond acceptors (Lipinski definition) is 6. The molecular formula is C28H29F5N4O3. The van der Waals surface area contributed by atoms with Gasteiger partial charge in [0.25, 0.3) is 0 Å². The summed E-state index contributed by atoms with van der Waals surface area (Å²) in [5.74, 6) is -2.49. The minimum atomic E-state index is -5.20. The van der Waals surface area contributed by atoms with Crippen molar-refractivity contribution in [1.82, 2.24) is 14.9 Å². The first-order valence-corrected chi connectivity index (χ1v) is 13.7. The Morgan fingerprint density at radius 3 is 2.62 bits per heavy atom. The molecule has 2 aliphatic heterocycles. The predicted octanol–water partition coefficient (Wildman–Crippen LogP) is 5.43. The number of anilines is 1. The van der Waals surface area contributed by atoms with Gasteiger partial charge in [0.05, 0.1) is 24.3 Å². The van der Waals surface area contributed by atoms with Crippen molar-refractivity contribution in [2.45, 2.75) is 56.7 Å². The number of hydrogen-bond donors (Lipinski definition) is 2. The van der Waals surface area contributed by atoms with E-state index < -0.39 is 35.0 Å². The number of nitrogens with zero attached hydrogens (tertiary/aromatic N) is 2. The summed E-state index contributed by atoms with van der Waals surface area (Å²) in [5.41, 5.74) is 6.76. The maximum Gasteiger partial charge on any atom is 0.573 e. The number of rotatable bonds is 3. The van der Waals surface area contributed by atoms with Crippen LogP contribution in [0.25, 0.3) is 22.2 Å². The van der Waals surface area contributed by atoms with Gasteiger partial charge in [0.15, 0.2) is 17.4 Å². The Morgan fingerprint density at radius 2 is 1.88 bits per heavy atom. The molecule has 4 heterocycles. The van der Waals surface area contributed by atoms with Gasteiger partial charge in [-0.15, -0.1) is 13.2 Å². The van der Waals surface area contributed by atoms with E-state index in [-0.39, 0.29) is 29.2 Å². The maximum absolute atomic E-state index is 16.6. The highest BCUT2D eigenvalue weighted by Gasteiger charge is 2.60. The molecular weight excluding hydrogens is 535 g/mol. The third-order valence-corrected chi connectivity index (χ3v) is 8.58. The molecule has 4 aliphatic rings. The number of halogens is 5. The van der Waals surface area contributed by atoms with Crippen LogP contribution in [0.3, 0.4) is 0 Å². The number of aromatic nitrogens is 2. The first-order valence-electron chi connectivity index (χ1n) is 13.7. The molecule has 7 nitrogen and oxygen atoms in total. The molecule has 7 rings (SSSR count). The van der Waals surface area contributed by atoms with Gasteiger partial charge in [-0.2, -0.15) is 0 Å². The van der Waals surface area contributed by atoms with Crippen molar-refractivity contribution in [3.8, 4) is 17.0 Å². The van der Waals surface area contributed by atoms with Crippen molar-refractivity contribution < 1.29 is 36.2 Å². The van der Waals surface area contributed by atoms with Crippen LogP contribution in [0.1, 0.15) is 48.9 Å². The highest BCUT2D eigenvalue weighted by Crippen LogP contribution is 2.62. The topological polar surface area (TPSA) is 83.6 Å². The fourth-order valence-corrected chi connectivity index (χ4v) is 6.78. The average molecular weight is 565 g/mol. The monoisotopic (exact) mass is 564 g/mol. The fourth-order valence-electron chi connectivity index (χ4n) is 6.78. The first-order chi connectivity index (χ1) is 19.2. The van der Waals surface area contributed by atoms with Crippen molar-refractivity contribution in [1.29, 1.82) is 0 Å². The lowest BCUT2D eigenvalue weighted by Gasteiger charge is -2.17. The number of alkyl halides is 3. The van der Waals surface area contributed by atoms with Gasteiger partial charge in [-0.1, -0.05) is 0 Å². The Kier molecular flexibility index (Phi) is 6.21.